The van der Waals surface area contributed by atoms with Crippen LogP contribution < -0.4 is 10.6 Å². The lowest BCUT2D eigenvalue weighted by molar-refractivity contribution is -0.134. The van der Waals surface area contributed by atoms with Crippen molar-refractivity contribution in [3.63, 3.8) is 0 Å². The van der Waals surface area contributed by atoms with Gasteiger partial charge in [-0.3, -0.25) is 19.7 Å². The molecule has 6 nitrogen and oxygen atoms in total. The standard InChI is InChI=1S/C13H16ClN3O3/c1-7(2)17-6-8(14)5-10(17)13(20)15-9-3-4-11(18)16-12(9)19/h5-7,9H,3-4H2,1-2H3,(H,15,20)(H,16,18,19). The van der Waals surface area contributed by atoms with Crippen LogP contribution in [0.4, 0.5) is 0 Å². The van der Waals surface area contributed by atoms with Crippen molar-refractivity contribution >= 4 is 29.3 Å². The summed E-state index contributed by atoms with van der Waals surface area (Å²) in [6, 6.07) is 0.947. The molecule has 3 amide bonds. The molecule has 108 valence electrons. The van der Waals surface area contributed by atoms with E-state index in [1.54, 1.807) is 16.8 Å². The van der Waals surface area contributed by atoms with Crippen LogP contribution in [0.1, 0.15) is 43.2 Å². The Morgan fingerprint density at radius 2 is 2.20 bits per heavy atom. The second-order valence-electron chi connectivity index (χ2n) is 5.02. The molecule has 2 N–H and O–H groups in total. The number of nitrogens with zero attached hydrogens (tertiary/aromatic N) is 1. The first-order valence-electron chi connectivity index (χ1n) is 6.40. The van der Waals surface area contributed by atoms with E-state index in [1.165, 1.54) is 0 Å². The van der Waals surface area contributed by atoms with Crippen LogP contribution in [-0.2, 0) is 9.59 Å². The number of carbonyl (C=O) groups is 3. The molecule has 0 aromatic carbocycles. The Hall–Kier alpha value is -1.82. The van der Waals surface area contributed by atoms with Crippen molar-refractivity contribution < 1.29 is 14.4 Å². The minimum Gasteiger partial charge on any atom is -0.339 e. The second kappa shape index (κ2) is 5.66. The van der Waals surface area contributed by atoms with Crippen LogP contribution in [0.5, 0.6) is 0 Å². The number of aromatic nitrogens is 1. The first-order chi connectivity index (χ1) is 9.38. The number of rotatable bonds is 3. The number of carbonyl (C=O) groups excluding carboxylic acids is 3. The minimum atomic E-state index is -0.686. The van der Waals surface area contributed by atoms with Gasteiger partial charge in [0.2, 0.25) is 11.8 Å². The molecule has 0 bridgehead atoms. The minimum absolute atomic E-state index is 0.0741. The average molecular weight is 298 g/mol. The highest BCUT2D eigenvalue weighted by Crippen LogP contribution is 2.19. The van der Waals surface area contributed by atoms with E-state index in [0.29, 0.717) is 17.1 Å². The molecule has 0 saturated carbocycles. The summed E-state index contributed by atoms with van der Waals surface area (Å²) >= 11 is 5.92. The quantitative estimate of drug-likeness (QED) is 0.824. The summed E-state index contributed by atoms with van der Waals surface area (Å²) in [7, 11) is 0. The Bertz CT molecular complexity index is 565. The zero-order chi connectivity index (χ0) is 14.9. The van der Waals surface area contributed by atoms with Crippen LogP contribution in [0.3, 0.4) is 0 Å². The summed E-state index contributed by atoms with van der Waals surface area (Å²) in [6.07, 6.45) is 2.21. The summed E-state index contributed by atoms with van der Waals surface area (Å²) in [6.45, 7) is 3.86. The molecule has 1 fully saturated rings. The molecule has 1 aromatic heterocycles. The van der Waals surface area contributed by atoms with Gasteiger partial charge < -0.3 is 9.88 Å². The van der Waals surface area contributed by atoms with E-state index in [9.17, 15) is 14.4 Å². The van der Waals surface area contributed by atoms with Gasteiger partial charge in [-0.05, 0) is 26.3 Å². The lowest BCUT2D eigenvalue weighted by Gasteiger charge is -2.22. The van der Waals surface area contributed by atoms with Crippen LogP contribution in [-0.4, -0.2) is 28.3 Å². The topological polar surface area (TPSA) is 80.2 Å². The summed E-state index contributed by atoms with van der Waals surface area (Å²) in [5, 5.41) is 5.30. The van der Waals surface area contributed by atoms with Gasteiger partial charge in [0.1, 0.15) is 11.7 Å². The number of nitrogens with one attached hydrogen (secondary N) is 2. The Kier molecular flexibility index (Phi) is 4.13. The highest BCUT2D eigenvalue weighted by molar-refractivity contribution is 6.31. The molecule has 20 heavy (non-hydrogen) atoms. The van der Waals surface area contributed by atoms with Gasteiger partial charge in [0, 0.05) is 18.7 Å². The van der Waals surface area contributed by atoms with Crippen molar-refractivity contribution in [2.45, 2.75) is 38.8 Å². The smallest absolute Gasteiger partial charge is 0.268 e. The molecule has 0 spiro atoms. The van der Waals surface area contributed by atoms with Crippen molar-refractivity contribution in [2.24, 2.45) is 0 Å². The third-order valence-electron chi connectivity index (χ3n) is 3.15. The molecule has 0 aliphatic carbocycles. The summed E-state index contributed by atoms with van der Waals surface area (Å²) < 4.78 is 1.74. The predicted molar refractivity (Wildman–Crippen MR) is 73.5 cm³/mol. The van der Waals surface area contributed by atoms with E-state index in [0.717, 1.165) is 0 Å². The van der Waals surface area contributed by atoms with Gasteiger partial charge >= 0.3 is 0 Å². The van der Waals surface area contributed by atoms with E-state index < -0.39 is 11.9 Å². The number of imide groups is 1. The SMILES string of the molecule is CC(C)n1cc(Cl)cc1C(=O)NC1CCC(=O)NC1=O. The highest BCUT2D eigenvalue weighted by atomic mass is 35.5. The number of hydrogen-bond acceptors (Lipinski definition) is 3. The predicted octanol–water partition coefficient (Wildman–Crippen LogP) is 1.26. The molecule has 2 heterocycles. The number of amides is 3. The summed E-state index contributed by atoms with van der Waals surface area (Å²) in [5.41, 5.74) is 0.398. The van der Waals surface area contributed by atoms with Gasteiger partial charge in [0.25, 0.3) is 5.91 Å². The van der Waals surface area contributed by atoms with Crippen molar-refractivity contribution in [1.82, 2.24) is 15.2 Å². The monoisotopic (exact) mass is 297 g/mol. The molecular formula is C13H16ClN3O3. The van der Waals surface area contributed by atoms with Crippen LogP contribution >= 0.6 is 11.6 Å². The summed E-state index contributed by atoms with van der Waals surface area (Å²) in [4.78, 5) is 34.9. The maximum Gasteiger partial charge on any atom is 0.268 e. The second-order valence-corrected chi connectivity index (χ2v) is 5.46. The highest BCUT2D eigenvalue weighted by Gasteiger charge is 2.29. The van der Waals surface area contributed by atoms with Crippen LogP contribution in [0.15, 0.2) is 12.3 Å². The third kappa shape index (κ3) is 3.01. The zero-order valence-corrected chi connectivity index (χ0v) is 12.0. The van der Waals surface area contributed by atoms with E-state index in [2.05, 4.69) is 10.6 Å². The van der Waals surface area contributed by atoms with Gasteiger partial charge in [-0.1, -0.05) is 11.6 Å². The fraction of sp³-hybridized carbons (Fsp3) is 0.462. The van der Waals surface area contributed by atoms with E-state index in [-0.39, 0.29) is 24.3 Å². The van der Waals surface area contributed by atoms with Gasteiger partial charge in [0.15, 0.2) is 0 Å². The van der Waals surface area contributed by atoms with E-state index in [1.807, 2.05) is 13.8 Å². The summed E-state index contributed by atoms with van der Waals surface area (Å²) in [5.74, 6) is -1.16. The zero-order valence-electron chi connectivity index (χ0n) is 11.3. The largest absolute Gasteiger partial charge is 0.339 e. The van der Waals surface area contributed by atoms with E-state index >= 15 is 0 Å². The van der Waals surface area contributed by atoms with Crippen molar-refractivity contribution in [3.8, 4) is 0 Å². The molecule has 1 unspecified atom stereocenters. The van der Waals surface area contributed by atoms with Crippen molar-refractivity contribution in [1.29, 1.82) is 0 Å². The lowest BCUT2D eigenvalue weighted by Crippen LogP contribution is -2.52. The molecule has 0 radical (unpaired) electrons. The molecule has 1 aliphatic heterocycles. The molecule has 1 saturated heterocycles. The Morgan fingerprint density at radius 1 is 1.50 bits per heavy atom. The first-order valence-corrected chi connectivity index (χ1v) is 6.78. The molecule has 1 aliphatic rings. The number of hydrogen-bond donors (Lipinski definition) is 2. The van der Waals surface area contributed by atoms with Crippen LogP contribution in [0.2, 0.25) is 5.02 Å². The van der Waals surface area contributed by atoms with Gasteiger partial charge in [-0.2, -0.15) is 0 Å². The van der Waals surface area contributed by atoms with Crippen LogP contribution in [0, 0.1) is 0 Å². The molecule has 7 heteroatoms. The van der Waals surface area contributed by atoms with Crippen molar-refractivity contribution in [3.05, 3.63) is 23.0 Å². The van der Waals surface area contributed by atoms with Gasteiger partial charge in [-0.25, -0.2) is 0 Å². The van der Waals surface area contributed by atoms with Gasteiger partial charge in [0.05, 0.1) is 5.02 Å². The molecule has 1 aromatic rings. The maximum absolute atomic E-state index is 12.2. The normalized spacial score (nSPS) is 19.1. The first kappa shape index (κ1) is 14.6. The average Bonchev–Trinajstić information content (AvgIpc) is 2.75. The Labute approximate surface area is 121 Å². The van der Waals surface area contributed by atoms with Crippen LogP contribution in [0.25, 0.3) is 0 Å². The lowest BCUT2D eigenvalue weighted by atomic mass is 10.1. The molecular weight excluding hydrogens is 282 g/mol. The van der Waals surface area contributed by atoms with E-state index in [4.69, 9.17) is 11.6 Å². The number of piperidine rings is 1. The fourth-order valence-corrected chi connectivity index (χ4v) is 2.33. The fourth-order valence-electron chi connectivity index (χ4n) is 2.12. The molecule has 2 rings (SSSR count). The van der Waals surface area contributed by atoms with Crippen molar-refractivity contribution in [2.75, 3.05) is 0 Å². The number of halogens is 1. The third-order valence-corrected chi connectivity index (χ3v) is 3.36. The Morgan fingerprint density at radius 3 is 2.80 bits per heavy atom. The Balaban J connectivity index is 2.12. The maximum atomic E-state index is 12.2. The van der Waals surface area contributed by atoms with Gasteiger partial charge in [-0.15, -0.1) is 0 Å². The molecule has 1 atom stereocenters.